The van der Waals surface area contributed by atoms with Crippen molar-refractivity contribution in [1.29, 1.82) is 0 Å². The van der Waals surface area contributed by atoms with Gasteiger partial charge in [0.05, 0.1) is 0 Å². The van der Waals surface area contributed by atoms with Crippen molar-refractivity contribution < 1.29 is 26.7 Å². The van der Waals surface area contributed by atoms with E-state index in [2.05, 4.69) is 14.9 Å². The Morgan fingerprint density at radius 2 is 1.57 bits per heavy atom. The highest BCUT2D eigenvalue weighted by atomic mass is 19.4. The van der Waals surface area contributed by atoms with Gasteiger partial charge < -0.3 is 4.74 Å². The van der Waals surface area contributed by atoms with Crippen LogP contribution in [-0.4, -0.2) is 21.2 Å². The molecule has 0 amide bonds. The third kappa shape index (κ3) is 3.08. The number of halogens is 5. The lowest BCUT2D eigenvalue weighted by molar-refractivity contribution is -0.145. The third-order valence-corrected chi connectivity index (χ3v) is 3.07. The van der Waals surface area contributed by atoms with Crippen LogP contribution in [0.1, 0.15) is 5.82 Å². The van der Waals surface area contributed by atoms with Crippen LogP contribution >= 0.6 is 0 Å². The van der Waals surface area contributed by atoms with Crippen LogP contribution in [0.15, 0.2) is 42.6 Å². The Balaban J connectivity index is 2.00. The van der Waals surface area contributed by atoms with Gasteiger partial charge in [0.25, 0.3) is 0 Å². The molecule has 3 aromatic rings. The van der Waals surface area contributed by atoms with E-state index >= 15 is 0 Å². The number of hydrogen-bond acceptors (Lipinski definition) is 3. The van der Waals surface area contributed by atoms with Gasteiger partial charge in [-0.1, -0.05) is 12.1 Å². The van der Waals surface area contributed by atoms with Gasteiger partial charge in [-0.2, -0.15) is 22.0 Å². The van der Waals surface area contributed by atoms with Crippen LogP contribution < -0.4 is 4.74 Å². The van der Waals surface area contributed by atoms with Gasteiger partial charge in [0.2, 0.25) is 5.82 Å². The van der Waals surface area contributed by atoms with E-state index in [4.69, 9.17) is 0 Å². The molecule has 4 nitrogen and oxygen atoms in total. The number of rotatable bonds is 3. The summed E-state index contributed by atoms with van der Waals surface area (Å²) in [6.07, 6.45) is -3.39. The first-order chi connectivity index (χ1) is 10.8. The topological polar surface area (TPSA) is 39.4 Å². The average molecular weight is 329 g/mol. The lowest BCUT2D eigenvalue weighted by Gasteiger charge is -2.08. The Bertz CT molecular complexity index is 827. The second kappa shape index (κ2) is 5.49. The maximum absolute atomic E-state index is 12.8. The fraction of sp³-hybridized carbons (Fsp3) is 0.143. The maximum Gasteiger partial charge on any atom is 0.452 e. The molecule has 0 aliphatic rings. The quantitative estimate of drug-likeness (QED) is 0.682. The summed E-state index contributed by atoms with van der Waals surface area (Å²) in [5.74, 6) is -1.17. The summed E-state index contributed by atoms with van der Waals surface area (Å²) in [7, 11) is 0. The van der Waals surface area contributed by atoms with Crippen molar-refractivity contribution in [3.63, 3.8) is 0 Å². The summed E-state index contributed by atoms with van der Waals surface area (Å²) in [6.45, 7) is -2.94. The van der Waals surface area contributed by atoms with Gasteiger partial charge >= 0.3 is 12.8 Å². The van der Waals surface area contributed by atoms with E-state index in [0.29, 0.717) is 11.1 Å². The molecular formula is C14H8F5N3O. The van der Waals surface area contributed by atoms with Gasteiger partial charge in [-0.15, -0.1) is 10.2 Å². The normalized spacial score (nSPS) is 12.1. The third-order valence-electron chi connectivity index (χ3n) is 3.07. The second-order valence-electron chi connectivity index (χ2n) is 4.57. The summed E-state index contributed by atoms with van der Waals surface area (Å²) < 4.78 is 67.8. The molecule has 0 aliphatic heterocycles. The minimum absolute atomic E-state index is 0.0369. The molecule has 0 N–H and O–H groups in total. The molecule has 0 saturated heterocycles. The SMILES string of the molecule is FC(F)Oc1ccc(-c2ccc3nnc(C(F)(F)F)n3c2)cc1. The zero-order chi connectivity index (χ0) is 16.6. The molecule has 0 saturated carbocycles. The van der Waals surface area contributed by atoms with Gasteiger partial charge in [0.1, 0.15) is 5.75 Å². The summed E-state index contributed by atoms with van der Waals surface area (Å²) >= 11 is 0. The van der Waals surface area contributed by atoms with Crippen LogP contribution in [0, 0.1) is 0 Å². The first-order valence-electron chi connectivity index (χ1n) is 6.32. The lowest BCUT2D eigenvalue weighted by Crippen LogP contribution is -2.10. The molecule has 0 radical (unpaired) electrons. The van der Waals surface area contributed by atoms with E-state index in [0.717, 1.165) is 4.40 Å². The predicted molar refractivity (Wildman–Crippen MR) is 70.1 cm³/mol. The average Bonchev–Trinajstić information content (AvgIpc) is 2.90. The van der Waals surface area contributed by atoms with Crippen LogP contribution in [0.5, 0.6) is 5.75 Å². The second-order valence-corrected chi connectivity index (χ2v) is 4.57. The zero-order valence-corrected chi connectivity index (χ0v) is 11.3. The molecule has 1 aromatic carbocycles. The van der Waals surface area contributed by atoms with Crippen LogP contribution in [0.25, 0.3) is 16.8 Å². The number of aromatic nitrogens is 3. The van der Waals surface area contributed by atoms with Gasteiger partial charge in [-0.05, 0) is 35.4 Å². The van der Waals surface area contributed by atoms with Crippen molar-refractivity contribution in [2.24, 2.45) is 0 Å². The summed E-state index contributed by atoms with van der Waals surface area (Å²) in [5.41, 5.74) is 1.04. The smallest absolute Gasteiger partial charge is 0.435 e. The molecule has 120 valence electrons. The van der Waals surface area contributed by atoms with E-state index in [-0.39, 0.29) is 11.4 Å². The van der Waals surface area contributed by atoms with Crippen LogP contribution in [-0.2, 0) is 6.18 Å². The molecule has 0 unspecified atom stereocenters. The zero-order valence-electron chi connectivity index (χ0n) is 11.3. The molecule has 3 rings (SSSR count). The van der Waals surface area contributed by atoms with E-state index in [9.17, 15) is 22.0 Å². The summed E-state index contributed by atoms with van der Waals surface area (Å²) in [6, 6.07) is 8.51. The Morgan fingerprint density at radius 1 is 0.913 bits per heavy atom. The number of pyridine rings is 1. The van der Waals surface area contributed by atoms with E-state index in [1.54, 1.807) is 6.07 Å². The van der Waals surface area contributed by atoms with Crippen LogP contribution in [0.2, 0.25) is 0 Å². The van der Waals surface area contributed by atoms with Gasteiger partial charge in [0, 0.05) is 6.20 Å². The van der Waals surface area contributed by atoms with Crippen LogP contribution in [0.4, 0.5) is 22.0 Å². The minimum atomic E-state index is -4.63. The molecule has 0 spiro atoms. The molecule has 2 heterocycles. The molecule has 0 atom stereocenters. The number of fused-ring (bicyclic) bond motifs is 1. The summed E-state index contributed by atoms with van der Waals surface area (Å²) in [5, 5.41) is 6.59. The van der Waals surface area contributed by atoms with E-state index in [1.807, 2.05) is 0 Å². The molecule has 9 heteroatoms. The molecule has 0 aliphatic carbocycles. The highest BCUT2D eigenvalue weighted by Gasteiger charge is 2.36. The van der Waals surface area contributed by atoms with Gasteiger partial charge in [-0.25, -0.2) is 0 Å². The van der Waals surface area contributed by atoms with Crippen molar-refractivity contribution in [2.75, 3.05) is 0 Å². The maximum atomic E-state index is 12.8. The molecule has 2 aromatic heterocycles. The highest BCUT2D eigenvalue weighted by molar-refractivity contribution is 5.65. The first kappa shape index (κ1) is 15.2. The molecule has 23 heavy (non-hydrogen) atoms. The van der Waals surface area contributed by atoms with Crippen molar-refractivity contribution in [3.8, 4) is 16.9 Å². The number of hydrogen-bond donors (Lipinski definition) is 0. The number of benzene rings is 1. The first-order valence-corrected chi connectivity index (χ1v) is 6.32. The molecular weight excluding hydrogens is 321 g/mol. The Morgan fingerprint density at radius 3 is 2.17 bits per heavy atom. The van der Waals surface area contributed by atoms with Crippen molar-refractivity contribution in [3.05, 3.63) is 48.4 Å². The van der Waals surface area contributed by atoms with E-state index in [1.165, 1.54) is 36.5 Å². The number of ether oxygens (including phenoxy) is 1. The van der Waals surface area contributed by atoms with Crippen molar-refractivity contribution in [1.82, 2.24) is 14.6 Å². The van der Waals surface area contributed by atoms with Crippen molar-refractivity contribution in [2.45, 2.75) is 12.8 Å². The Labute approximate surface area is 126 Å². The highest BCUT2D eigenvalue weighted by Crippen LogP contribution is 2.30. The fourth-order valence-electron chi connectivity index (χ4n) is 2.08. The lowest BCUT2D eigenvalue weighted by atomic mass is 10.1. The van der Waals surface area contributed by atoms with Gasteiger partial charge in [0.15, 0.2) is 5.65 Å². The largest absolute Gasteiger partial charge is 0.452 e. The monoisotopic (exact) mass is 329 g/mol. The fourth-order valence-corrected chi connectivity index (χ4v) is 2.08. The molecule has 0 bridgehead atoms. The minimum Gasteiger partial charge on any atom is -0.435 e. The van der Waals surface area contributed by atoms with Gasteiger partial charge in [-0.3, -0.25) is 4.40 Å². The molecule has 0 fully saturated rings. The van der Waals surface area contributed by atoms with E-state index < -0.39 is 18.6 Å². The Kier molecular flexibility index (Phi) is 3.63. The number of alkyl halides is 5. The standard InChI is InChI=1S/C14H8F5N3O/c15-13(16)23-10-4-1-8(2-5-10)9-3-6-11-20-21-12(14(17,18)19)22(11)7-9/h1-7,13H. The predicted octanol–water partition coefficient (Wildman–Crippen LogP) is 4.02. The number of nitrogens with zero attached hydrogens (tertiary/aromatic N) is 3. The summed E-state index contributed by atoms with van der Waals surface area (Å²) in [4.78, 5) is 0. The van der Waals surface area contributed by atoms with Crippen LogP contribution in [0.3, 0.4) is 0 Å². The Hall–Kier alpha value is -2.71. The van der Waals surface area contributed by atoms with Crippen molar-refractivity contribution >= 4 is 5.65 Å².